The molecule has 0 fully saturated rings. The van der Waals surface area contributed by atoms with Crippen LogP contribution in [0.15, 0.2) is 18.2 Å². The topological polar surface area (TPSA) is 38.7 Å². The first kappa shape index (κ1) is 13.4. The highest BCUT2D eigenvalue weighted by molar-refractivity contribution is 14.1. The van der Waals surface area contributed by atoms with E-state index in [0.717, 1.165) is 22.6 Å². The van der Waals surface area contributed by atoms with Gasteiger partial charge in [0.05, 0.1) is 19.8 Å². The average molecular weight is 344 g/mol. The first-order chi connectivity index (χ1) is 7.41. The van der Waals surface area contributed by atoms with Crippen LogP contribution >= 0.6 is 22.6 Å². The number of ether oxygens (including phenoxy) is 2. The van der Waals surface area contributed by atoms with Crippen LogP contribution in [0.1, 0.15) is 11.7 Å². The SMILES string of the molecule is COc1cccc(OC)c1C(O)C(F)(F)I. The largest absolute Gasteiger partial charge is 0.496 e. The molecular weight excluding hydrogens is 333 g/mol. The molecule has 1 rings (SSSR count). The molecule has 1 N–H and O–H groups in total. The van der Waals surface area contributed by atoms with Crippen molar-refractivity contribution >= 4 is 22.6 Å². The van der Waals surface area contributed by atoms with Gasteiger partial charge in [0.1, 0.15) is 11.5 Å². The number of benzene rings is 1. The monoisotopic (exact) mass is 344 g/mol. The summed E-state index contributed by atoms with van der Waals surface area (Å²) in [7, 11) is 2.69. The summed E-state index contributed by atoms with van der Waals surface area (Å²) in [5.74, 6) is 0.339. The van der Waals surface area contributed by atoms with Crippen LogP contribution in [0.3, 0.4) is 0 Å². The maximum atomic E-state index is 13.1. The molecule has 16 heavy (non-hydrogen) atoms. The number of hydrogen-bond donors (Lipinski definition) is 1. The fourth-order valence-corrected chi connectivity index (χ4v) is 1.62. The summed E-state index contributed by atoms with van der Waals surface area (Å²) in [5, 5.41) is 9.56. The quantitative estimate of drug-likeness (QED) is 0.674. The van der Waals surface area contributed by atoms with Crippen molar-refractivity contribution in [3.8, 4) is 11.5 Å². The smallest absolute Gasteiger partial charge is 0.326 e. The zero-order chi connectivity index (χ0) is 12.3. The summed E-state index contributed by atoms with van der Waals surface area (Å²) < 4.78 is 32.7. The number of aliphatic hydroxyl groups is 1. The van der Waals surface area contributed by atoms with Gasteiger partial charge < -0.3 is 14.6 Å². The van der Waals surface area contributed by atoms with Gasteiger partial charge in [0, 0.05) is 22.6 Å². The number of methoxy groups -OCH3 is 2. The molecule has 0 amide bonds. The third-order valence-electron chi connectivity index (χ3n) is 2.05. The van der Waals surface area contributed by atoms with E-state index in [4.69, 9.17) is 9.47 Å². The van der Waals surface area contributed by atoms with Crippen molar-refractivity contribution in [2.75, 3.05) is 14.2 Å². The summed E-state index contributed by atoms with van der Waals surface area (Å²) in [4.78, 5) is 0. The Labute approximate surface area is 106 Å². The molecule has 0 aliphatic heterocycles. The van der Waals surface area contributed by atoms with Gasteiger partial charge in [0.15, 0.2) is 6.10 Å². The van der Waals surface area contributed by atoms with Gasteiger partial charge in [-0.2, -0.15) is 8.78 Å². The van der Waals surface area contributed by atoms with Gasteiger partial charge in [-0.1, -0.05) is 6.07 Å². The Bertz CT molecular complexity index is 343. The molecule has 0 saturated heterocycles. The van der Waals surface area contributed by atoms with Gasteiger partial charge >= 0.3 is 3.93 Å². The Morgan fingerprint density at radius 1 is 1.25 bits per heavy atom. The lowest BCUT2D eigenvalue weighted by Crippen LogP contribution is -2.19. The number of hydrogen-bond acceptors (Lipinski definition) is 3. The lowest BCUT2D eigenvalue weighted by molar-refractivity contribution is -0.0229. The van der Waals surface area contributed by atoms with Gasteiger partial charge in [-0.05, 0) is 12.1 Å². The van der Waals surface area contributed by atoms with Crippen LogP contribution in [0.25, 0.3) is 0 Å². The summed E-state index contributed by atoms with van der Waals surface area (Å²) >= 11 is 0.878. The molecule has 90 valence electrons. The van der Waals surface area contributed by atoms with Gasteiger partial charge in [-0.3, -0.25) is 0 Å². The van der Waals surface area contributed by atoms with Gasteiger partial charge in [0.2, 0.25) is 0 Å². The molecule has 1 aromatic rings. The van der Waals surface area contributed by atoms with Crippen LogP contribution in [-0.4, -0.2) is 23.3 Å². The minimum atomic E-state index is -3.29. The van der Waals surface area contributed by atoms with Crippen molar-refractivity contribution in [2.45, 2.75) is 10.0 Å². The Hall–Kier alpha value is -0.630. The van der Waals surface area contributed by atoms with Crippen molar-refractivity contribution in [3.63, 3.8) is 0 Å². The van der Waals surface area contributed by atoms with Crippen LogP contribution < -0.4 is 9.47 Å². The second-order valence-electron chi connectivity index (χ2n) is 3.02. The van der Waals surface area contributed by atoms with E-state index in [9.17, 15) is 13.9 Å². The molecule has 0 heterocycles. The molecule has 1 atom stereocenters. The third kappa shape index (κ3) is 2.73. The lowest BCUT2D eigenvalue weighted by Gasteiger charge is -2.21. The van der Waals surface area contributed by atoms with E-state index in [1.54, 1.807) is 6.07 Å². The molecule has 0 saturated carbocycles. The molecule has 0 aromatic heterocycles. The normalized spacial score (nSPS) is 13.4. The number of aliphatic hydroxyl groups excluding tert-OH is 1. The van der Waals surface area contributed by atoms with Gasteiger partial charge in [-0.15, -0.1) is 0 Å². The number of alkyl halides is 3. The molecule has 0 bridgehead atoms. The minimum Gasteiger partial charge on any atom is -0.496 e. The van der Waals surface area contributed by atoms with Crippen LogP contribution in [0.5, 0.6) is 11.5 Å². The molecule has 6 heteroatoms. The summed E-state index contributed by atoms with van der Waals surface area (Å²) in [5.41, 5.74) is -0.0492. The predicted octanol–water partition coefficient (Wildman–Crippen LogP) is 2.77. The van der Waals surface area contributed by atoms with Gasteiger partial charge in [0.25, 0.3) is 0 Å². The molecule has 3 nitrogen and oxygen atoms in total. The van der Waals surface area contributed by atoms with E-state index in [1.165, 1.54) is 26.4 Å². The standard InChI is InChI=1S/C10H11F2IO3/c1-15-6-4-3-5-7(16-2)8(6)9(14)10(11,12)13/h3-5,9,14H,1-2H3. The summed E-state index contributed by atoms with van der Waals surface area (Å²) in [6.07, 6.45) is -1.97. The van der Waals surface area contributed by atoms with Crippen LogP contribution in [0.4, 0.5) is 8.78 Å². The van der Waals surface area contributed by atoms with Gasteiger partial charge in [-0.25, -0.2) is 0 Å². The highest BCUT2D eigenvalue weighted by Crippen LogP contribution is 2.44. The van der Waals surface area contributed by atoms with E-state index in [-0.39, 0.29) is 17.1 Å². The summed E-state index contributed by atoms with van der Waals surface area (Å²) in [6.45, 7) is 0. The van der Waals surface area contributed by atoms with Crippen molar-refractivity contribution < 1.29 is 23.4 Å². The molecule has 1 aromatic carbocycles. The number of halogens is 3. The average Bonchev–Trinajstić information content (AvgIpc) is 2.25. The Balaban J connectivity index is 3.28. The van der Waals surface area contributed by atoms with E-state index in [2.05, 4.69) is 0 Å². The van der Waals surface area contributed by atoms with Crippen molar-refractivity contribution in [2.24, 2.45) is 0 Å². The third-order valence-corrected chi connectivity index (χ3v) is 2.64. The van der Waals surface area contributed by atoms with E-state index >= 15 is 0 Å². The van der Waals surface area contributed by atoms with Crippen molar-refractivity contribution in [3.05, 3.63) is 23.8 Å². The van der Waals surface area contributed by atoms with Crippen LogP contribution in [0.2, 0.25) is 0 Å². The zero-order valence-corrected chi connectivity index (χ0v) is 10.9. The predicted molar refractivity (Wildman–Crippen MR) is 63.5 cm³/mol. The van der Waals surface area contributed by atoms with Crippen LogP contribution in [0, 0.1) is 0 Å². The minimum absolute atomic E-state index is 0.0492. The van der Waals surface area contributed by atoms with Crippen molar-refractivity contribution in [1.82, 2.24) is 0 Å². The lowest BCUT2D eigenvalue weighted by atomic mass is 10.1. The first-order valence-corrected chi connectivity index (χ1v) is 5.45. The highest BCUT2D eigenvalue weighted by Gasteiger charge is 2.39. The number of rotatable bonds is 4. The van der Waals surface area contributed by atoms with Crippen LogP contribution in [-0.2, 0) is 0 Å². The maximum absolute atomic E-state index is 13.1. The second-order valence-corrected chi connectivity index (χ2v) is 4.46. The zero-order valence-electron chi connectivity index (χ0n) is 8.71. The fourth-order valence-electron chi connectivity index (χ4n) is 1.31. The molecule has 0 aliphatic carbocycles. The summed E-state index contributed by atoms with van der Waals surface area (Å²) in [6, 6.07) is 4.58. The fraction of sp³-hybridized carbons (Fsp3) is 0.400. The van der Waals surface area contributed by atoms with E-state index in [0.29, 0.717) is 0 Å². The van der Waals surface area contributed by atoms with E-state index < -0.39 is 10.0 Å². The molecule has 0 radical (unpaired) electrons. The molecule has 0 aliphatic rings. The van der Waals surface area contributed by atoms with E-state index in [1.807, 2.05) is 0 Å². The Morgan fingerprint density at radius 3 is 2.00 bits per heavy atom. The first-order valence-electron chi connectivity index (χ1n) is 4.37. The Morgan fingerprint density at radius 2 is 1.69 bits per heavy atom. The van der Waals surface area contributed by atoms with Crippen molar-refractivity contribution in [1.29, 1.82) is 0 Å². The Kier molecular flexibility index (Phi) is 4.31. The molecular formula is C10H11F2IO3. The second kappa shape index (κ2) is 5.13. The highest BCUT2D eigenvalue weighted by atomic mass is 127. The molecule has 0 spiro atoms. The maximum Gasteiger partial charge on any atom is 0.326 e. The molecule has 1 unspecified atom stereocenters.